The largest absolute Gasteiger partial charge is 0.386 e. The van der Waals surface area contributed by atoms with Crippen molar-refractivity contribution < 1.29 is 14.6 Å². The molecule has 0 radical (unpaired) electrons. The van der Waals surface area contributed by atoms with Crippen LogP contribution in [0.4, 0.5) is 0 Å². The van der Waals surface area contributed by atoms with Crippen molar-refractivity contribution in [2.24, 2.45) is 0 Å². The summed E-state index contributed by atoms with van der Waals surface area (Å²) < 4.78 is 11.4. The summed E-state index contributed by atoms with van der Waals surface area (Å²) in [5.74, 6) is 0. The summed E-state index contributed by atoms with van der Waals surface area (Å²) in [6.07, 6.45) is -0.178. The predicted octanol–water partition coefficient (Wildman–Crippen LogP) is 1.23. The lowest BCUT2D eigenvalue weighted by molar-refractivity contribution is -0.281. The van der Waals surface area contributed by atoms with Crippen molar-refractivity contribution in [2.75, 3.05) is 14.1 Å². The highest BCUT2D eigenvalue weighted by molar-refractivity contribution is 4.86. The van der Waals surface area contributed by atoms with Crippen LogP contribution in [0, 0.1) is 0 Å². The van der Waals surface area contributed by atoms with Crippen molar-refractivity contribution in [3.05, 3.63) is 0 Å². The molecular formula is C12H25NO3. The Labute approximate surface area is 98.5 Å². The van der Waals surface area contributed by atoms with Crippen molar-refractivity contribution in [3.63, 3.8) is 0 Å². The summed E-state index contributed by atoms with van der Waals surface area (Å²) in [5.41, 5.74) is -0.306. The molecule has 0 bridgehead atoms. The van der Waals surface area contributed by atoms with E-state index in [1.807, 2.05) is 46.7 Å². The van der Waals surface area contributed by atoms with Crippen LogP contribution in [0.5, 0.6) is 0 Å². The standard InChI is InChI=1S/C12H25NO3/c1-8-7-9(13(5)6)10(14)11(15-8)16-12(2,3)4/h8-11,14H,7H2,1-6H3/t8-,9+,10-,11+/m1/s1. The fourth-order valence-electron chi connectivity index (χ4n) is 1.99. The summed E-state index contributed by atoms with van der Waals surface area (Å²) in [6.45, 7) is 7.91. The summed E-state index contributed by atoms with van der Waals surface area (Å²) in [4.78, 5) is 2.03. The van der Waals surface area contributed by atoms with Gasteiger partial charge in [0.15, 0.2) is 6.29 Å². The molecule has 1 aliphatic rings. The monoisotopic (exact) mass is 231 g/mol. The van der Waals surface area contributed by atoms with Gasteiger partial charge in [-0.1, -0.05) is 0 Å². The quantitative estimate of drug-likeness (QED) is 0.776. The first kappa shape index (κ1) is 13.9. The molecule has 0 unspecified atom stereocenters. The minimum absolute atomic E-state index is 0.0936. The normalized spacial score (nSPS) is 36.8. The van der Waals surface area contributed by atoms with E-state index in [-0.39, 0.29) is 17.7 Å². The van der Waals surface area contributed by atoms with Crippen LogP contribution in [-0.4, -0.2) is 54.2 Å². The van der Waals surface area contributed by atoms with Crippen molar-refractivity contribution in [3.8, 4) is 0 Å². The molecule has 1 N–H and O–H groups in total. The molecule has 4 nitrogen and oxygen atoms in total. The van der Waals surface area contributed by atoms with Gasteiger partial charge in [-0.3, -0.25) is 0 Å². The van der Waals surface area contributed by atoms with Crippen LogP contribution in [0.2, 0.25) is 0 Å². The lowest BCUT2D eigenvalue weighted by Crippen LogP contribution is -2.55. The average Bonchev–Trinajstić information content (AvgIpc) is 2.07. The lowest BCUT2D eigenvalue weighted by Gasteiger charge is -2.42. The summed E-state index contributed by atoms with van der Waals surface area (Å²) >= 11 is 0. The Balaban J connectivity index is 2.69. The number of aliphatic hydroxyl groups excluding tert-OH is 1. The maximum Gasteiger partial charge on any atom is 0.185 e. The number of nitrogens with zero attached hydrogens (tertiary/aromatic N) is 1. The van der Waals surface area contributed by atoms with Gasteiger partial charge in [0.25, 0.3) is 0 Å². The Hall–Kier alpha value is -0.160. The van der Waals surface area contributed by atoms with Gasteiger partial charge in [-0.2, -0.15) is 0 Å². The van der Waals surface area contributed by atoms with Crippen LogP contribution < -0.4 is 0 Å². The predicted molar refractivity (Wildman–Crippen MR) is 63.3 cm³/mol. The van der Waals surface area contributed by atoms with Gasteiger partial charge < -0.3 is 19.5 Å². The second kappa shape index (κ2) is 5.00. The number of hydrogen-bond donors (Lipinski definition) is 1. The fraction of sp³-hybridized carbons (Fsp3) is 1.00. The highest BCUT2D eigenvalue weighted by atomic mass is 16.7. The second-order valence-corrected chi connectivity index (χ2v) is 5.80. The van der Waals surface area contributed by atoms with E-state index < -0.39 is 12.4 Å². The van der Waals surface area contributed by atoms with Crippen LogP contribution in [0.1, 0.15) is 34.1 Å². The lowest BCUT2D eigenvalue weighted by atomic mass is 9.99. The van der Waals surface area contributed by atoms with Crippen LogP contribution >= 0.6 is 0 Å². The molecule has 1 saturated heterocycles. The van der Waals surface area contributed by atoms with Crippen molar-refractivity contribution in [1.29, 1.82) is 0 Å². The van der Waals surface area contributed by atoms with E-state index in [2.05, 4.69) is 0 Å². The van der Waals surface area contributed by atoms with E-state index in [1.54, 1.807) is 0 Å². The molecule has 4 heteroatoms. The zero-order valence-electron chi connectivity index (χ0n) is 11.2. The SMILES string of the molecule is C[C@@H]1C[C@H](N(C)C)[C@@H](O)[C@H](OC(C)(C)C)O1. The second-order valence-electron chi connectivity index (χ2n) is 5.80. The molecule has 0 saturated carbocycles. The molecule has 1 fully saturated rings. The molecule has 4 atom stereocenters. The number of rotatable bonds is 2. The smallest absolute Gasteiger partial charge is 0.185 e. The summed E-state index contributed by atoms with van der Waals surface area (Å²) in [6, 6.07) is 0.0936. The molecule has 0 aromatic rings. The Morgan fingerprint density at radius 3 is 2.31 bits per heavy atom. The van der Waals surface area contributed by atoms with Crippen LogP contribution in [0.25, 0.3) is 0 Å². The molecule has 1 heterocycles. The van der Waals surface area contributed by atoms with Gasteiger partial charge in [0, 0.05) is 6.04 Å². The maximum absolute atomic E-state index is 10.2. The van der Waals surface area contributed by atoms with Gasteiger partial charge in [-0.05, 0) is 48.2 Å². The van der Waals surface area contributed by atoms with Crippen molar-refractivity contribution >= 4 is 0 Å². The molecule has 96 valence electrons. The number of hydrogen-bond acceptors (Lipinski definition) is 4. The van der Waals surface area contributed by atoms with Crippen LogP contribution in [0.15, 0.2) is 0 Å². The van der Waals surface area contributed by atoms with E-state index in [4.69, 9.17) is 9.47 Å². The highest BCUT2D eigenvalue weighted by Crippen LogP contribution is 2.26. The van der Waals surface area contributed by atoms with Crippen LogP contribution in [0.3, 0.4) is 0 Å². The third kappa shape index (κ3) is 3.70. The van der Waals surface area contributed by atoms with E-state index in [0.717, 1.165) is 6.42 Å². The number of likely N-dealkylation sites (N-methyl/N-ethyl adjacent to an activating group) is 1. The molecule has 0 spiro atoms. The molecule has 16 heavy (non-hydrogen) atoms. The topological polar surface area (TPSA) is 41.9 Å². The number of ether oxygens (including phenoxy) is 2. The molecule has 1 aliphatic heterocycles. The Bertz CT molecular complexity index is 225. The third-order valence-corrected chi connectivity index (χ3v) is 2.75. The maximum atomic E-state index is 10.2. The van der Waals surface area contributed by atoms with Gasteiger partial charge in [0.05, 0.1) is 11.7 Å². The molecule has 0 aliphatic carbocycles. The Morgan fingerprint density at radius 2 is 1.88 bits per heavy atom. The third-order valence-electron chi connectivity index (χ3n) is 2.75. The van der Waals surface area contributed by atoms with Crippen LogP contribution in [-0.2, 0) is 9.47 Å². The summed E-state index contributed by atoms with van der Waals surface area (Å²) in [5, 5.41) is 10.2. The van der Waals surface area contributed by atoms with Gasteiger partial charge in [-0.25, -0.2) is 0 Å². The summed E-state index contributed by atoms with van der Waals surface area (Å²) in [7, 11) is 3.94. The molecule has 1 rings (SSSR count). The van der Waals surface area contributed by atoms with E-state index >= 15 is 0 Å². The first-order valence-electron chi connectivity index (χ1n) is 5.88. The minimum atomic E-state index is -0.592. The van der Waals surface area contributed by atoms with Gasteiger partial charge in [-0.15, -0.1) is 0 Å². The van der Waals surface area contributed by atoms with E-state index in [0.29, 0.717) is 0 Å². The molecule has 0 aromatic carbocycles. The fourth-order valence-corrected chi connectivity index (χ4v) is 1.99. The zero-order valence-corrected chi connectivity index (χ0v) is 11.2. The van der Waals surface area contributed by atoms with E-state index in [9.17, 15) is 5.11 Å². The molecule has 0 amide bonds. The first-order valence-corrected chi connectivity index (χ1v) is 5.88. The minimum Gasteiger partial charge on any atom is -0.386 e. The average molecular weight is 231 g/mol. The van der Waals surface area contributed by atoms with Crippen molar-refractivity contribution in [1.82, 2.24) is 4.90 Å². The molecule has 0 aromatic heterocycles. The Kier molecular flexibility index (Phi) is 4.35. The van der Waals surface area contributed by atoms with Gasteiger partial charge in [0.2, 0.25) is 0 Å². The first-order chi connectivity index (χ1) is 7.20. The van der Waals surface area contributed by atoms with Gasteiger partial charge in [0.1, 0.15) is 6.10 Å². The highest BCUT2D eigenvalue weighted by Gasteiger charge is 2.39. The van der Waals surface area contributed by atoms with E-state index in [1.165, 1.54) is 0 Å². The zero-order chi connectivity index (χ0) is 12.5. The molecular weight excluding hydrogens is 206 g/mol. The number of aliphatic hydroxyl groups is 1. The van der Waals surface area contributed by atoms with Crippen molar-refractivity contribution in [2.45, 2.75) is 64.3 Å². The van der Waals surface area contributed by atoms with Gasteiger partial charge >= 0.3 is 0 Å². The Morgan fingerprint density at radius 1 is 1.31 bits per heavy atom.